The summed E-state index contributed by atoms with van der Waals surface area (Å²) in [6, 6.07) is 5.61. The van der Waals surface area contributed by atoms with E-state index in [1.165, 1.54) is 12.1 Å². The molecule has 1 aliphatic rings. The molecule has 0 aliphatic carbocycles. The zero-order chi connectivity index (χ0) is 16.4. The van der Waals surface area contributed by atoms with Crippen LogP contribution in [0.5, 0.6) is 5.75 Å². The Balaban J connectivity index is 1.81. The van der Waals surface area contributed by atoms with E-state index < -0.39 is 5.82 Å². The summed E-state index contributed by atoms with van der Waals surface area (Å²) in [5, 5.41) is 16.0. The van der Waals surface area contributed by atoms with Crippen molar-refractivity contribution in [2.24, 2.45) is 5.92 Å². The number of aryl methyl sites for hydroxylation is 1. The van der Waals surface area contributed by atoms with Gasteiger partial charge >= 0.3 is 0 Å². The molecule has 1 aliphatic heterocycles. The van der Waals surface area contributed by atoms with Crippen LogP contribution in [0.15, 0.2) is 24.3 Å². The van der Waals surface area contributed by atoms with Crippen LogP contribution in [0, 0.1) is 18.7 Å². The normalized spacial score (nSPS) is 14.5. The summed E-state index contributed by atoms with van der Waals surface area (Å²) < 4.78 is 19.1. The minimum absolute atomic E-state index is 0.125. The molecule has 23 heavy (non-hydrogen) atoms. The van der Waals surface area contributed by atoms with E-state index in [2.05, 4.69) is 10.2 Å². The van der Waals surface area contributed by atoms with Gasteiger partial charge in [0.05, 0.1) is 18.9 Å². The molecule has 0 unspecified atom stereocenters. The van der Waals surface area contributed by atoms with Gasteiger partial charge in [0, 0.05) is 30.6 Å². The van der Waals surface area contributed by atoms with Crippen LogP contribution in [-0.2, 0) is 11.3 Å². The molecule has 2 heterocycles. The highest BCUT2D eigenvalue weighted by Crippen LogP contribution is 2.20. The number of hydrogen-bond donors (Lipinski definition) is 2. The fourth-order valence-electron chi connectivity index (χ4n) is 2.49. The van der Waals surface area contributed by atoms with Crippen molar-refractivity contribution < 1.29 is 19.0 Å². The van der Waals surface area contributed by atoms with Gasteiger partial charge in [-0.2, -0.15) is 5.10 Å². The number of phenols is 1. The summed E-state index contributed by atoms with van der Waals surface area (Å²) in [7, 11) is 0. The average Bonchev–Trinajstić information content (AvgIpc) is 2.89. The number of phenolic OH excluding ortho intramolecular Hbond substituents is 1. The summed E-state index contributed by atoms with van der Waals surface area (Å²) in [4.78, 5) is 14.2. The highest BCUT2D eigenvalue weighted by atomic mass is 19.1. The quantitative estimate of drug-likeness (QED) is 0.881. The maximum absolute atomic E-state index is 14.0. The first kappa shape index (κ1) is 15.5. The van der Waals surface area contributed by atoms with Gasteiger partial charge in [0.25, 0.3) is 5.91 Å². The van der Waals surface area contributed by atoms with Gasteiger partial charge in [-0.25, -0.2) is 4.39 Å². The molecule has 0 radical (unpaired) electrons. The Morgan fingerprint density at radius 2 is 2.26 bits per heavy atom. The first-order valence-electron chi connectivity index (χ1n) is 7.39. The molecule has 3 rings (SSSR count). The number of carbonyl (C=O) groups excluding carboxylic acids is 1. The van der Waals surface area contributed by atoms with Crippen LogP contribution in [0.3, 0.4) is 0 Å². The number of amides is 1. The lowest BCUT2D eigenvalue weighted by Gasteiger charge is -2.32. The minimum atomic E-state index is -0.534. The third-order valence-electron chi connectivity index (χ3n) is 3.81. The summed E-state index contributed by atoms with van der Waals surface area (Å²) in [5.41, 5.74) is 1.45. The molecule has 2 N–H and O–H groups in total. The lowest BCUT2D eigenvalue weighted by molar-refractivity contribution is -0.0442. The standard InChI is InChI=1S/C16H18FN3O3/c1-10-4-15(19-18-10)16(22)20(6-11-8-23-9-11)7-12-2-3-13(21)5-14(12)17/h2-5,11,21H,6-9H2,1H3,(H,18,19). The van der Waals surface area contributed by atoms with Crippen molar-refractivity contribution in [3.8, 4) is 5.75 Å². The number of nitrogens with zero attached hydrogens (tertiary/aromatic N) is 2. The van der Waals surface area contributed by atoms with Crippen LogP contribution >= 0.6 is 0 Å². The van der Waals surface area contributed by atoms with E-state index in [9.17, 15) is 14.3 Å². The number of halogens is 1. The van der Waals surface area contributed by atoms with E-state index in [4.69, 9.17) is 4.74 Å². The van der Waals surface area contributed by atoms with Crippen LogP contribution in [0.2, 0.25) is 0 Å². The third-order valence-corrected chi connectivity index (χ3v) is 3.81. The molecule has 1 saturated heterocycles. The number of benzene rings is 1. The fourth-order valence-corrected chi connectivity index (χ4v) is 2.49. The van der Waals surface area contributed by atoms with E-state index in [0.717, 1.165) is 11.8 Å². The van der Waals surface area contributed by atoms with Crippen molar-refractivity contribution in [2.75, 3.05) is 19.8 Å². The SMILES string of the molecule is Cc1cc(C(=O)N(Cc2ccc(O)cc2F)CC2COC2)[nH]n1. The Hall–Kier alpha value is -2.41. The number of aromatic hydroxyl groups is 1. The zero-order valence-electron chi connectivity index (χ0n) is 12.8. The maximum Gasteiger partial charge on any atom is 0.272 e. The van der Waals surface area contributed by atoms with Gasteiger partial charge in [-0.05, 0) is 19.1 Å². The largest absolute Gasteiger partial charge is 0.508 e. The lowest BCUT2D eigenvalue weighted by Crippen LogP contribution is -2.42. The lowest BCUT2D eigenvalue weighted by atomic mass is 10.1. The van der Waals surface area contributed by atoms with Crippen molar-refractivity contribution in [1.82, 2.24) is 15.1 Å². The van der Waals surface area contributed by atoms with Gasteiger partial charge < -0.3 is 14.7 Å². The molecule has 122 valence electrons. The second kappa shape index (κ2) is 6.37. The van der Waals surface area contributed by atoms with E-state index in [1.807, 2.05) is 0 Å². The predicted molar refractivity (Wildman–Crippen MR) is 80.4 cm³/mol. The Morgan fingerprint density at radius 1 is 1.48 bits per heavy atom. The number of nitrogens with one attached hydrogen (secondary N) is 1. The maximum atomic E-state index is 14.0. The number of rotatable bonds is 5. The summed E-state index contributed by atoms with van der Waals surface area (Å²) in [6.45, 7) is 3.60. The Bertz CT molecular complexity index is 712. The van der Waals surface area contributed by atoms with E-state index in [0.29, 0.717) is 31.0 Å². The van der Waals surface area contributed by atoms with E-state index >= 15 is 0 Å². The van der Waals surface area contributed by atoms with Gasteiger partial charge in [-0.15, -0.1) is 0 Å². The average molecular weight is 319 g/mol. The molecule has 1 fully saturated rings. The first-order chi connectivity index (χ1) is 11.0. The second-order valence-corrected chi connectivity index (χ2v) is 5.79. The van der Waals surface area contributed by atoms with Crippen molar-refractivity contribution >= 4 is 5.91 Å². The molecule has 0 bridgehead atoms. The van der Waals surface area contributed by atoms with Crippen LogP contribution in [0.1, 0.15) is 21.7 Å². The smallest absolute Gasteiger partial charge is 0.272 e. The highest BCUT2D eigenvalue weighted by molar-refractivity contribution is 5.92. The first-order valence-corrected chi connectivity index (χ1v) is 7.39. The molecule has 0 saturated carbocycles. The van der Waals surface area contributed by atoms with Crippen molar-refractivity contribution in [3.63, 3.8) is 0 Å². The molecule has 7 heteroatoms. The number of aromatic amines is 1. The summed E-state index contributed by atoms with van der Waals surface area (Å²) in [6.07, 6.45) is 0. The highest BCUT2D eigenvalue weighted by Gasteiger charge is 2.26. The molecule has 2 aromatic rings. The number of H-pyrrole nitrogens is 1. The molecule has 6 nitrogen and oxygen atoms in total. The number of hydrogen-bond acceptors (Lipinski definition) is 4. The third kappa shape index (κ3) is 3.50. The molecule has 1 aromatic carbocycles. The predicted octanol–water partition coefficient (Wildman–Crippen LogP) is 1.85. The van der Waals surface area contributed by atoms with E-state index in [1.54, 1.807) is 17.9 Å². The molecular weight excluding hydrogens is 301 g/mol. The van der Waals surface area contributed by atoms with Gasteiger partial charge in [0.15, 0.2) is 0 Å². The van der Waals surface area contributed by atoms with E-state index in [-0.39, 0.29) is 24.1 Å². The van der Waals surface area contributed by atoms with Gasteiger partial charge in [-0.1, -0.05) is 6.07 Å². The van der Waals surface area contributed by atoms with Crippen molar-refractivity contribution in [2.45, 2.75) is 13.5 Å². The number of aromatic nitrogens is 2. The molecule has 1 amide bonds. The summed E-state index contributed by atoms with van der Waals surface area (Å²) >= 11 is 0. The molecule has 1 aromatic heterocycles. The van der Waals surface area contributed by atoms with Gasteiger partial charge in [0.2, 0.25) is 0 Å². The van der Waals surface area contributed by atoms with Gasteiger partial charge in [0.1, 0.15) is 17.3 Å². The molecule has 0 spiro atoms. The number of carbonyl (C=O) groups is 1. The monoisotopic (exact) mass is 319 g/mol. The van der Waals surface area contributed by atoms with Crippen molar-refractivity contribution in [3.05, 3.63) is 47.0 Å². The Morgan fingerprint density at radius 3 is 2.83 bits per heavy atom. The topological polar surface area (TPSA) is 78.5 Å². The molecular formula is C16H18FN3O3. The molecule has 0 atom stereocenters. The zero-order valence-corrected chi connectivity index (χ0v) is 12.8. The van der Waals surface area contributed by atoms with Gasteiger partial charge in [-0.3, -0.25) is 9.89 Å². The number of ether oxygens (including phenoxy) is 1. The Labute approximate surface area is 132 Å². The van der Waals surface area contributed by atoms with Crippen molar-refractivity contribution in [1.29, 1.82) is 0 Å². The van der Waals surface area contributed by atoms with Crippen LogP contribution in [0.25, 0.3) is 0 Å². The summed E-state index contributed by atoms with van der Waals surface area (Å²) in [5.74, 6) is -0.651. The fraction of sp³-hybridized carbons (Fsp3) is 0.375. The minimum Gasteiger partial charge on any atom is -0.508 e. The Kier molecular flexibility index (Phi) is 4.29. The van der Waals surface area contributed by atoms with Crippen LogP contribution < -0.4 is 0 Å². The second-order valence-electron chi connectivity index (χ2n) is 5.79. The van der Waals surface area contributed by atoms with Crippen LogP contribution in [-0.4, -0.2) is 45.9 Å². The van der Waals surface area contributed by atoms with Crippen LogP contribution in [0.4, 0.5) is 4.39 Å².